The first kappa shape index (κ1) is 8.97. The van der Waals surface area contributed by atoms with Crippen molar-refractivity contribution in [3.05, 3.63) is 45.7 Å². The fourth-order valence-corrected chi connectivity index (χ4v) is 2.27. The van der Waals surface area contributed by atoms with E-state index in [2.05, 4.69) is 36.8 Å². The van der Waals surface area contributed by atoms with E-state index < -0.39 is 0 Å². The maximum absolute atomic E-state index is 4.29. The van der Waals surface area contributed by atoms with Gasteiger partial charge in [0.25, 0.3) is 0 Å². The summed E-state index contributed by atoms with van der Waals surface area (Å²) in [6.45, 7) is 0. The lowest BCUT2D eigenvalue weighted by molar-refractivity contribution is 0.996. The van der Waals surface area contributed by atoms with Crippen molar-refractivity contribution in [2.75, 3.05) is 0 Å². The van der Waals surface area contributed by atoms with Crippen molar-refractivity contribution < 1.29 is 0 Å². The molecule has 13 heavy (non-hydrogen) atoms. The normalized spacial score (nSPS) is 10.3. The SMILES string of the molecule is Brc1cnc(-n2cccc2)c(Br)c1. The van der Waals surface area contributed by atoms with Gasteiger partial charge in [0.2, 0.25) is 0 Å². The molecule has 0 N–H and O–H groups in total. The summed E-state index contributed by atoms with van der Waals surface area (Å²) in [7, 11) is 0. The molecule has 0 saturated heterocycles. The number of halogens is 2. The van der Waals surface area contributed by atoms with E-state index in [1.165, 1.54) is 0 Å². The first-order valence-electron chi connectivity index (χ1n) is 3.72. The van der Waals surface area contributed by atoms with Gasteiger partial charge < -0.3 is 4.57 Å². The van der Waals surface area contributed by atoms with Crippen LogP contribution in [0.5, 0.6) is 0 Å². The van der Waals surface area contributed by atoms with E-state index in [1.54, 1.807) is 6.20 Å². The van der Waals surface area contributed by atoms with E-state index in [1.807, 2.05) is 35.2 Å². The van der Waals surface area contributed by atoms with Gasteiger partial charge in [-0.25, -0.2) is 4.98 Å². The highest BCUT2D eigenvalue weighted by Gasteiger charge is 2.02. The Morgan fingerprint density at radius 2 is 1.85 bits per heavy atom. The maximum atomic E-state index is 4.29. The van der Waals surface area contributed by atoms with Gasteiger partial charge in [-0.2, -0.15) is 0 Å². The summed E-state index contributed by atoms with van der Waals surface area (Å²) in [5.74, 6) is 0.896. The summed E-state index contributed by atoms with van der Waals surface area (Å²) < 4.78 is 3.89. The molecule has 0 amide bonds. The molecule has 0 saturated carbocycles. The second-order valence-corrected chi connectivity index (χ2v) is 4.32. The fraction of sp³-hybridized carbons (Fsp3) is 0. The van der Waals surface area contributed by atoms with Gasteiger partial charge in [-0.15, -0.1) is 0 Å². The highest BCUT2D eigenvalue weighted by Crippen LogP contribution is 2.22. The van der Waals surface area contributed by atoms with Gasteiger partial charge in [0, 0.05) is 23.1 Å². The minimum Gasteiger partial charge on any atom is -0.308 e. The average molecular weight is 302 g/mol. The molecule has 2 rings (SSSR count). The topological polar surface area (TPSA) is 17.8 Å². The van der Waals surface area contributed by atoms with Crippen LogP contribution in [0.4, 0.5) is 0 Å². The molecule has 0 radical (unpaired) electrons. The van der Waals surface area contributed by atoms with Gasteiger partial charge in [-0.1, -0.05) is 0 Å². The van der Waals surface area contributed by atoms with Crippen LogP contribution in [0.1, 0.15) is 0 Å². The summed E-state index contributed by atoms with van der Waals surface area (Å²) in [6, 6.07) is 5.91. The Labute approximate surface area is 92.9 Å². The summed E-state index contributed by atoms with van der Waals surface area (Å²) in [5, 5.41) is 0. The molecule has 0 bridgehead atoms. The van der Waals surface area contributed by atoms with E-state index in [4.69, 9.17) is 0 Å². The van der Waals surface area contributed by atoms with Crippen LogP contribution in [0.15, 0.2) is 45.7 Å². The fourth-order valence-electron chi connectivity index (χ4n) is 1.07. The predicted octanol–water partition coefficient (Wildman–Crippen LogP) is 3.40. The minimum absolute atomic E-state index is 0.896. The molecular formula is C9H6Br2N2. The molecule has 0 aliphatic carbocycles. The van der Waals surface area contributed by atoms with Gasteiger partial charge in [-0.05, 0) is 50.1 Å². The molecule has 0 fully saturated rings. The zero-order valence-electron chi connectivity index (χ0n) is 6.61. The third kappa shape index (κ3) is 1.84. The molecule has 4 heteroatoms. The van der Waals surface area contributed by atoms with E-state index in [9.17, 15) is 0 Å². The Hall–Kier alpha value is -0.610. The highest BCUT2D eigenvalue weighted by molar-refractivity contribution is 9.11. The van der Waals surface area contributed by atoms with E-state index in [0.717, 1.165) is 14.8 Å². The standard InChI is InChI=1S/C9H6Br2N2/c10-7-5-8(11)9(12-6-7)13-3-1-2-4-13/h1-6H. The molecule has 0 aliphatic heterocycles. The zero-order valence-corrected chi connectivity index (χ0v) is 9.79. The number of nitrogens with zero attached hydrogens (tertiary/aromatic N) is 2. The molecule has 2 heterocycles. The molecule has 66 valence electrons. The average Bonchev–Trinajstić information content (AvgIpc) is 2.56. The first-order valence-corrected chi connectivity index (χ1v) is 5.30. The molecule has 0 atom stereocenters. The number of rotatable bonds is 1. The van der Waals surface area contributed by atoms with Crippen molar-refractivity contribution in [3.8, 4) is 5.82 Å². The van der Waals surface area contributed by atoms with Crippen molar-refractivity contribution in [1.29, 1.82) is 0 Å². The van der Waals surface area contributed by atoms with E-state index >= 15 is 0 Å². The van der Waals surface area contributed by atoms with E-state index in [0.29, 0.717) is 0 Å². The molecule has 0 aromatic carbocycles. The quantitative estimate of drug-likeness (QED) is 0.789. The van der Waals surface area contributed by atoms with E-state index in [-0.39, 0.29) is 0 Å². The molecule has 0 spiro atoms. The molecular weight excluding hydrogens is 296 g/mol. The number of aromatic nitrogens is 2. The van der Waals surface area contributed by atoms with Gasteiger partial charge in [-0.3, -0.25) is 0 Å². The van der Waals surface area contributed by atoms with Crippen molar-refractivity contribution in [2.45, 2.75) is 0 Å². The Balaban J connectivity index is 2.53. The largest absolute Gasteiger partial charge is 0.308 e. The second kappa shape index (κ2) is 3.64. The van der Waals surface area contributed by atoms with Crippen molar-refractivity contribution in [1.82, 2.24) is 9.55 Å². The predicted molar refractivity (Wildman–Crippen MR) is 59.0 cm³/mol. The monoisotopic (exact) mass is 300 g/mol. The van der Waals surface area contributed by atoms with Crippen LogP contribution < -0.4 is 0 Å². The van der Waals surface area contributed by atoms with Crippen LogP contribution in [0.2, 0.25) is 0 Å². The van der Waals surface area contributed by atoms with Crippen LogP contribution in [0.25, 0.3) is 5.82 Å². The molecule has 0 unspecified atom stereocenters. The van der Waals surface area contributed by atoms with Gasteiger partial charge >= 0.3 is 0 Å². The summed E-state index contributed by atoms with van der Waals surface area (Å²) in [4.78, 5) is 4.29. The lowest BCUT2D eigenvalue weighted by Crippen LogP contribution is -1.94. The molecule has 0 aliphatic rings. The Morgan fingerprint density at radius 3 is 2.46 bits per heavy atom. The third-order valence-corrected chi connectivity index (χ3v) is 2.65. The van der Waals surface area contributed by atoms with Crippen molar-refractivity contribution in [2.24, 2.45) is 0 Å². The smallest absolute Gasteiger partial charge is 0.150 e. The molecule has 2 aromatic rings. The maximum Gasteiger partial charge on any atom is 0.150 e. The first-order chi connectivity index (χ1) is 6.27. The number of hydrogen-bond donors (Lipinski definition) is 0. The summed E-state index contributed by atoms with van der Waals surface area (Å²) in [5.41, 5.74) is 0. The van der Waals surface area contributed by atoms with Crippen molar-refractivity contribution in [3.63, 3.8) is 0 Å². The van der Waals surface area contributed by atoms with Crippen LogP contribution >= 0.6 is 31.9 Å². The third-order valence-electron chi connectivity index (χ3n) is 1.64. The lowest BCUT2D eigenvalue weighted by atomic mass is 10.4. The zero-order chi connectivity index (χ0) is 9.26. The van der Waals surface area contributed by atoms with Gasteiger partial charge in [0.05, 0.1) is 4.47 Å². The van der Waals surface area contributed by atoms with Crippen LogP contribution in [-0.4, -0.2) is 9.55 Å². The summed E-state index contributed by atoms with van der Waals surface area (Å²) in [6.07, 6.45) is 5.70. The minimum atomic E-state index is 0.896. The Morgan fingerprint density at radius 1 is 1.15 bits per heavy atom. The van der Waals surface area contributed by atoms with Crippen molar-refractivity contribution >= 4 is 31.9 Å². The summed E-state index contributed by atoms with van der Waals surface area (Å²) >= 11 is 6.81. The number of hydrogen-bond acceptors (Lipinski definition) is 1. The Bertz CT molecular complexity index is 410. The van der Waals surface area contributed by atoms with Crippen LogP contribution in [0.3, 0.4) is 0 Å². The Kier molecular flexibility index (Phi) is 2.51. The van der Waals surface area contributed by atoms with Crippen LogP contribution in [0, 0.1) is 0 Å². The van der Waals surface area contributed by atoms with Gasteiger partial charge in [0.15, 0.2) is 5.82 Å². The molecule has 2 nitrogen and oxygen atoms in total. The highest BCUT2D eigenvalue weighted by atomic mass is 79.9. The molecule has 2 aromatic heterocycles. The van der Waals surface area contributed by atoms with Crippen LogP contribution in [-0.2, 0) is 0 Å². The second-order valence-electron chi connectivity index (χ2n) is 2.55. The van der Waals surface area contributed by atoms with Gasteiger partial charge in [0.1, 0.15) is 0 Å². The lowest BCUT2D eigenvalue weighted by Gasteiger charge is -2.04. The number of pyridine rings is 1.